The average molecular weight is 445 g/mol. The molecule has 1 aliphatic rings. The Bertz CT molecular complexity index is 1260. The van der Waals surface area contributed by atoms with Gasteiger partial charge in [0.05, 0.1) is 24.8 Å². The fraction of sp³-hybridized carbons (Fsp3) is 0.208. The molecule has 9 heteroatoms. The second kappa shape index (κ2) is 9.47. The number of fused-ring (bicyclic) bond motifs is 1. The van der Waals surface area contributed by atoms with Crippen LogP contribution < -0.4 is 15.4 Å². The number of oxime groups is 1. The van der Waals surface area contributed by atoms with Crippen LogP contribution >= 0.6 is 0 Å². The molecule has 4 heterocycles. The van der Waals surface area contributed by atoms with E-state index in [2.05, 4.69) is 20.8 Å². The highest BCUT2D eigenvalue weighted by atomic mass is 16.7. The second-order valence-corrected chi connectivity index (χ2v) is 7.67. The number of amides is 2. The summed E-state index contributed by atoms with van der Waals surface area (Å²) in [6.07, 6.45) is 9.24. The lowest BCUT2D eigenvalue weighted by molar-refractivity contribution is 0.0472. The third kappa shape index (κ3) is 4.98. The number of furan rings is 1. The van der Waals surface area contributed by atoms with E-state index in [-0.39, 0.29) is 12.1 Å². The van der Waals surface area contributed by atoms with Crippen LogP contribution in [-0.4, -0.2) is 40.4 Å². The first kappa shape index (κ1) is 20.6. The molecule has 0 fully saturated rings. The van der Waals surface area contributed by atoms with Gasteiger partial charge in [0.2, 0.25) is 0 Å². The molecule has 0 saturated heterocycles. The number of pyridine rings is 1. The predicted molar refractivity (Wildman–Crippen MR) is 122 cm³/mol. The minimum Gasteiger partial charge on any atom is -0.489 e. The van der Waals surface area contributed by atoms with E-state index in [1.54, 1.807) is 18.7 Å². The minimum absolute atomic E-state index is 0.204. The molecule has 1 unspecified atom stereocenters. The third-order valence-electron chi connectivity index (χ3n) is 5.29. The summed E-state index contributed by atoms with van der Waals surface area (Å²) in [5.74, 6) is 0.752. The molecule has 0 radical (unpaired) electrons. The van der Waals surface area contributed by atoms with Crippen LogP contribution in [0.3, 0.4) is 0 Å². The fourth-order valence-electron chi connectivity index (χ4n) is 3.61. The summed E-state index contributed by atoms with van der Waals surface area (Å²) >= 11 is 0. The minimum atomic E-state index is -0.267. The zero-order valence-electron chi connectivity index (χ0n) is 17.8. The molecule has 0 spiro atoms. The lowest BCUT2D eigenvalue weighted by atomic mass is 10.1. The fourth-order valence-corrected chi connectivity index (χ4v) is 3.61. The quantitative estimate of drug-likeness (QED) is 0.431. The monoisotopic (exact) mass is 445 g/mol. The molecular formula is C24H23N5O4. The van der Waals surface area contributed by atoms with E-state index in [9.17, 15) is 4.79 Å². The van der Waals surface area contributed by atoms with E-state index in [4.69, 9.17) is 14.0 Å². The van der Waals surface area contributed by atoms with Gasteiger partial charge in [-0.3, -0.25) is 0 Å². The standard InChI is InChI=1S/C24H23N5O4/c30-24(26-12-17-5-6-23-25-8-9-29(23)14-17)27-13-19-11-20(33-28-19)16-32-22-4-2-1-3-21(22)18-7-10-31-15-18/h1-10,14-15,20H,11-13,16H2,(H2,26,27,30). The van der Waals surface area contributed by atoms with Gasteiger partial charge >= 0.3 is 6.03 Å². The topological polar surface area (TPSA) is 102 Å². The Labute approximate surface area is 190 Å². The summed E-state index contributed by atoms with van der Waals surface area (Å²) in [6.45, 7) is 1.08. The van der Waals surface area contributed by atoms with Gasteiger partial charge in [0.1, 0.15) is 18.0 Å². The molecule has 5 rings (SSSR count). The van der Waals surface area contributed by atoms with Crippen LogP contribution in [0.5, 0.6) is 5.75 Å². The van der Waals surface area contributed by atoms with Gasteiger partial charge in [-0.05, 0) is 23.8 Å². The second-order valence-electron chi connectivity index (χ2n) is 7.67. The molecule has 2 amide bonds. The first-order valence-electron chi connectivity index (χ1n) is 10.6. The Morgan fingerprint density at radius 1 is 1.15 bits per heavy atom. The van der Waals surface area contributed by atoms with Crippen molar-refractivity contribution in [3.05, 3.63) is 79.1 Å². The van der Waals surface area contributed by atoms with E-state index in [0.29, 0.717) is 26.1 Å². The maximum Gasteiger partial charge on any atom is 0.315 e. The first-order chi connectivity index (χ1) is 16.2. The smallest absolute Gasteiger partial charge is 0.315 e. The largest absolute Gasteiger partial charge is 0.489 e. The van der Waals surface area contributed by atoms with Crippen LogP contribution in [0.4, 0.5) is 4.79 Å². The van der Waals surface area contributed by atoms with Crippen molar-refractivity contribution >= 4 is 17.4 Å². The van der Waals surface area contributed by atoms with E-state index in [1.165, 1.54) is 0 Å². The first-order valence-corrected chi connectivity index (χ1v) is 10.6. The average Bonchev–Trinajstić information content (AvgIpc) is 3.62. The SMILES string of the molecule is O=C(NCC1=NOC(COc2ccccc2-c2ccoc2)C1)NCc1ccc2nccn2c1. The van der Waals surface area contributed by atoms with Crippen molar-refractivity contribution in [2.75, 3.05) is 13.2 Å². The van der Waals surface area contributed by atoms with E-state index in [1.807, 2.05) is 59.3 Å². The number of aromatic nitrogens is 2. The Kier molecular flexibility index (Phi) is 5.92. The van der Waals surface area contributed by atoms with Crippen molar-refractivity contribution in [1.82, 2.24) is 20.0 Å². The van der Waals surface area contributed by atoms with Crippen LogP contribution in [0.1, 0.15) is 12.0 Å². The number of hydrogen-bond acceptors (Lipinski definition) is 6. The number of nitrogens with zero attached hydrogens (tertiary/aromatic N) is 3. The Morgan fingerprint density at radius 2 is 2.06 bits per heavy atom. The van der Waals surface area contributed by atoms with Gasteiger partial charge in [-0.15, -0.1) is 0 Å². The van der Waals surface area contributed by atoms with Gasteiger partial charge in [0.25, 0.3) is 0 Å². The molecule has 4 aromatic rings. The Hall–Kier alpha value is -4.27. The molecule has 33 heavy (non-hydrogen) atoms. The number of carbonyl (C=O) groups is 1. The third-order valence-corrected chi connectivity index (χ3v) is 5.29. The van der Waals surface area contributed by atoms with Crippen LogP contribution in [0.15, 0.2) is 83.2 Å². The number of imidazole rings is 1. The van der Waals surface area contributed by atoms with Gasteiger partial charge in [0, 0.05) is 42.7 Å². The Balaban J connectivity index is 1.05. The maximum atomic E-state index is 12.2. The predicted octanol–water partition coefficient (Wildman–Crippen LogP) is 3.62. The van der Waals surface area contributed by atoms with Crippen molar-refractivity contribution in [3.8, 4) is 16.9 Å². The highest BCUT2D eigenvalue weighted by Crippen LogP contribution is 2.30. The summed E-state index contributed by atoms with van der Waals surface area (Å²) in [5, 5.41) is 9.75. The van der Waals surface area contributed by atoms with E-state index < -0.39 is 0 Å². The molecule has 0 aliphatic carbocycles. The Morgan fingerprint density at radius 3 is 2.97 bits per heavy atom. The number of rotatable bonds is 8. The molecule has 168 valence electrons. The molecule has 2 N–H and O–H groups in total. The zero-order chi connectivity index (χ0) is 22.5. The maximum absolute atomic E-state index is 12.2. The number of hydrogen-bond donors (Lipinski definition) is 2. The number of ether oxygens (including phenoxy) is 1. The summed E-state index contributed by atoms with van der Waals surface area (Å²) in [6, 6.07) is 13.2. The lowest BCUT2D eigenvalue weighted by Gasteiger charge is -2.13. The van der Waals surface area contributed by atoms with Crippen molar-refractivity contribution in [1.29, 1.82) is 0 Å². The van der Waals surface area contributed by atoms with Crippen LogP contribution in [0.25, 0.3) is 16.8 Å². The van der Waals surface area contributed by atoms with Crippen LogP contribution in [0.2, 0.25) is 0 Å². The van der Waals surface area contributed by atoms with Crippen molar-refractivity contribution in [2.24, 2.45) is 5.16 Å². The molecule has 9 nitrogen and oxygen atoms in total. The number of carbonyl (C=O) groups excluding carboxylic acids is 1. The molecule has 3 aromatic heterocycles. The highest BCUT2D eigenvalue weighted by Gasteiger charge is 2.22. The molecule has 1 aliphatic heterocycles. The summed E-state index contributed by atoms with van der Waals surface area (Å²) < 4.78 is 13.1. The van der Waals surface area contributed by atoms with Crippen molar-refractivity contribution in [3.63, 3.8) is 0 Å². The molecule has 0 bridgehead atoms. The van der Waals surface area contributed by atoms with Gasteiger partial charge < -0.3 is 29.0 Å². The van der Waals surface area contributed by atoms with E-state index >= 15 is 0 Å². The van der Waals surface area contributed by atoms with Gasteiger partial charge in [-0.2, -0.15) is 0 Å². The van der Waals surface area contributed by atoms with E-state index in [0.717, 1.165) is 33.8 Å². The number of urea groups is 1. The van der Waals surface area contributed by atoms with Crippen molar-refractivity contribution in [2.45, 2.75) is 19.1 Å². The van der Waals surface area contributed by atoms with Gasteiger partial charge in [-0.25, -0.2) is 9.78 Å². The number of benzene rings is 1. The highest BCUT2D eigenvalue weighted by molar-refractivity contribution is 5.90. The lowest BCUT2D eigenvalue weighted by Crippen LogP contribution is -2.38. The zero-order valence-corrected chi connectivity index (χ0v) is 17.8. The normalized spacial score (nSPS) is 15.2. The summed E-state index contributed by atoms with van der Waals surface area (Å²) in [7, 11) is 0. The van der Waals surface area contributed by atoms with Crippen LogP contribution in [0, 0.1) is 0 Å². The van der Waals surface area contributed by atoms with Crippen LogP contribution in [-0.2, 0) is 11.4 Å². The summed E-state index contributed by atoms with van der Waals surface area (Å²) in [5.41, 5.74) is 4.52. The van der Waals surface area contributed by atoms with Crippen molar-refractivity contribution < 1.29 is 18.8 Å². The number of para-hydroxylation sites is 1. The number of nitrogens with one attached hydrogen (secondary N) is 2. The van der Waals surface area contributed by atoms with Gasteiger partial charge in [0.15, 0.2) is 6.10 Å². The summed E-state index contributed by atoms with van der Waals surface area (Å²) in [4.78, 5) is 21.8. The molecule has 1 aromatic carbocycles. The molecular weight excluding hydrogens is 422 g/mol. The van der Waals surface area contributed by atoms with Gasteiger partial charge in [-0.1, -0.05) is 29.4 Å². The molecule has 0 saturated carbocycles. The molecule has 1 atom stereocenters.